The minimum Gasteiger partial charge on any atom is -0.503 e. The number of amides is 2. The Balaban J connectivity index is 1.66. The summed E-state index contributed by atoms with van der Waals surface area (Å²) in [6.07, 6.45) is 3.75. The molecule has 9 heteroatoms. The first-order valence-electron chi connectivity index (χ1n) is 9.36. The van der Waals surface area contributed by atoms with E-state index < -0.39 is 34.6 Å². The smallest absolute Gasteiger partial charge is 0.274 e. The molecule has 2 N–H and O–H groups in total. The lowest BCUT2D eigenvalue weighted by atomic mass is 10.1. The Bertz CT molecular complexity index is 1070. The average Bonchev–Trinajstić information content (AvgIpc) is 2.91. The molecule has 2 amide bonds. The number of benzene rings is 1. The molecule has 152 valence electrons. The molecule has 2 aliphatic heterocycles. The van der Waals surface area contributed by atoms with Gasteiger partial charge in [0, 0.05) is 37.5 Å². The minimum absolute atomic E-state index is 0.0524. The lowest BCUT2D eigenvalue weighted by Crippen LogP contribution is -2.44. The molecule has 1 atom stereocenters. The molecular weight excluding hydrogens is 384 g/mol. The van der Waals surface area contributed by atoms with Crippen molar-refractivity contribution in [2.45, 2.75) is 31.8 Å². The summed E-state index contributed by atoms with van der Waals surface area (Å²) >= 11 is 0. The molecule has 3 heterocycles. The summed E-state index contributed by atoms with van der Waals surface area (Å²) in [6, 6.07) is 2.82. The quantitative estimate of drug-likeness (QED) is 0.820. The fraction of sp³-hybridized carbons (Fsp3) is 0.350. The lowest BCUT2D eigenvalue weighted by Gasteiger charge is -2.34. The van der Waals surface area contributed by atoms with Crippen LogP contribution in [0.15, 0.2) is 29.2 Å². The largest absolute Gasteiger partial charge is 0.503 e. The van der Waals surface area contributed by atoms with Crippen molar-refractivity contribution in [1.82, 2.24) is 14.8 Å². The Morgan fingerprint density at radius 2 is 2.03 bits per heavy atom. The maximum absolute atomic E-state index is 13.8. The van der Waals surface area contributed by atoms with Gasteiger partial charge in [0.25, 0.3) is 11.8 Å². The van der Waals surface area contributed by atoms with Crippen LogP contribution in [-0.2, 0) is 6.54 Å². The van der Waals surface area contributed by atoms with Crippen molar-refractivity contribution in [3.05, 3.63) is 63.1 Å². The van der Waals surface area contributed by atoms with Crippen molar-refractivity contribution < 1.29 is 23.5 Å². The molecule has 4 rings (SSSR count). The second kappa shape index (κ2) is 7.31. The predicted molar refractivity (Wildman–Crippen MR) is 98.7 cm³/mol. The molecular formula is C20H19F2N3O4. The highest BCUT2D eigenvalue weighted by molar-refractivity contribution is 5.99. The summed E-state index contributed by atoms with van der Waals surface area (Å²) in [5.74, 6) is -3.56. The number of fused-ring (bicyclic) bond motifs is 4. The SMILES string of the molecule is O=C(NCc1ccc(F)cc1F)c1cn2c(c(O)c1=O)C(=O)N1CCCCC2C1. The van der Waals surface area contributed by atoms with E-state index >= 15 is 0 Å². The number of nitrogens with zero attached hydrogens (tertiary/aromatic N) is 2. The van der Waals surface area contributed by atoms with Gasteiger partial charge in [-0.25, -0.2) is 8.78 Å². The van der Waals surface area contributed by atoms with Gasteiger partial charge in [0.05, 0.1) is 6.04 Å². The van der Waals surface area contributed by atoms with Gasteiger partial charge in [-0.1, -0.05) is 6.07 Å². The van der Waals surface area contributed by atoms with Crippen LogP contribution in [0.1, 0.15) is 51.7 Å². The van der Waals surface area contributed by atoms with Crippen LogP contribution < -0.4 is 10.7 Å². The number of carbonyl (C=O) groups is 2. The number of hydrogen-bond acceptors (Lipinski definition) is 4. The van der Waals surface area contributed by atoms with Gasteiger partial charge in [-0.3, -0.25) is 14.4 Å². The molecule has 2 aliphatic rings. The fourth-order valence-electron chi connectivity index (χ4n) is 3.90. The Kier molecular flexibility index (Phi) is 4.81. The third-order valence-corrected chi connectivity index (χ3v) is 5.44. The first kappa shape index (κ1) is 19.1. The molecule has 2 bridgehead atoms. The van der Waals surface area contributed by atoms with E-state index in [1.54, 1.807) is 4.90 Å². The van der Waals surface area contributed by atoms with Gasteiger partial charge in [0.1, 0.15) is 17.2 Å². The van der Waals surface area contributed by atoms with E-state index in [0.717, 1.165) is 25.3 Å². The van der Waals surface area contributed by atoms with Gasteiger partial charge in [-0.15, -0.1) is 0 Å². The van der Waals surface area contributed by atoms with Gasteiger partial charge in [0.15, 0.2) is 11.4 Å². The van der Waals surface area contributed by atoms with E-state index in [2.05, 4.69) is 5.32 Å². The number of rotatable bonds is 3. The molecule has 0 radical (unpaired) electrons. The standard InChI is InChI=1S/C20H19F2N3O4/c21-12-5-4-11(15(22)7-12)8-23-19(28)14-10-25-13-3-1-2-6-24(9-13)20(29)16(25)18(27)17(14)26/h4-5,7,10,13,27H,1-3,6,8-9H2,(H,23,28). The monoisotopic (exact) mass is 403 g/mol. The van der Waals surface area contributed by atoms with Crippen molar-refractivity contribution in [2.24, 2.45) is 0 Å². The number of carbonyl (C=O) groups excluding carboxylic acids is 2. The number of aromatic nitrogens is 1. The third-order valence-electron chi connectivity index (χ3n) is 5.44. The van der Waals surface area contributed by atoms with E-state index in [0.29, 0.717) is 19.2 Å². The summed E-state index contributed by atoms with van der Waals surface area (Å²) in [6.45, 7) is 0.757. The zero-order valence-electron chi connectivity index (χ0n) is 15.5. The molecule has 29 heavy (non-hydrogen) atoms. The lowest BCUT2D eigenvalue weighted by molar-refractivity contribution is 0.0677. The number of nitrogens with one attached hydrogen (secondary N) is 1. The van der Waals surface area contributed by atoms with E-state index in [-0.39, 0.29) is 29.4 Å². The zero-order chi connectivity index (χ0) is 20.7. The van der Waals surface area contributed by atoms with Gasteiger partial charge in [-0.05, 0) is 25.3 Å². The Hall–Kier alpha value is -3.23. The molecule has 1 aromatic heterocycles. The van der Waals surface area contributed by atoms with Crippen LogP contribution in [0.2, 0.25) is 0 Å². The Morgan fingerprint density at radius 1 is 1.24 bits per heavy atom. The Morgan fingerprint density at radius 3 is 2.79 bits per heavy atom. The maximum atomic E-state index is 13.8. The van der Waals surface area contributed by atoms with Gasteiger partial charge >= 0.3 is 0 Å². The molecule has 1 saturated heterocycles. The summed E-state index contributed by atoms with van der Waals surface area (Å²) in [7, 11) is 0. The zero-order valence-corrected chi connectivity index (χ0v) is 15.5. The van der Waals surface area contributed by atoms with Crippen molar-refractivity contribution in [1.29, 1.82) is 0 Å². The molecule has 0 saturated carbocycles. The minimum atomic E-state index is -0.957. The van der Waals surface area contributed by atoms with Gasteiger partial charge in [-0.2, -0.15) is 0 Å². The molecule has 0 spiro atoms. The van der Waals surface area contributed by atoms with Crippen LogP contribution >= 0.6 is 0 Å². The van der Waals surface area contributed by atoms with E-state index in [9.17, 15) is 28.3 Å². The summed E-state index contributed by atoms with van der Waals surface area (Å²) in [5.41, 5.74) is -1.34. The molecule has 1 unspecified atom stereocenters. The molecule has 1 fully saturated rings. The second-order valence-electron chi connectivity index (χ2n) is 7.30. The first-order chi connectivity index (χ1) is 13.9. The summed E-state index contributed by atoms with van der Waals surface area (Å²) in [4.78, 5) is 39.3. The van der Waals surface area contributed by atoms with Crippen molar-refractivity contribution in [3.63, 3.8) is 0 Å². The Labute approximate surface area is 164 Å². The number of hydrogen-bond donors (Lipinski definition) is 2. The fourth-order valence-corrected chi connectivity index (χ4v) is 3.90. The van der Waals surface area contributed by atoms with Crippen molar-refractivity contribution in [3.8, 4) is 5.75 Å². The van der Waals surface area contributed by atoms with Crippen molar-refractivity contribution >= 4 is 11.8 Å². The summed E-state index contributed by atoms with van der Waals surface area (Å²) in [5, 5.41) is 12.8. The van der Waals surface area contributed by atoms with Crippen LogP contribution in [0.4, 0.5) is 8.78 Å². The normalized spacial score (nSPS) is 18.2. The molecule has 7 nitrogen and oxygen atoms in total. The van der Waals surface area contributed by atoms with Crippen LogP contribution in [0.3, 0.4) is 0 Å². The number of pyridine rings is 1. The van der Waals surface area contributed by atoms with Gasteiger partial charge < -0.3 is 19.9 Å². The van der Waals surface area contributed by atoms with Gasteiger partial charge in [0.2, 0.25) is 5.43 Å². The molecule has 0 aliphatic carbocycles. The van der Waals surface area contributed by atoms with E-state index in [1.807, 2.05) is 0 Å². The van der Waals surface area contributed by atoms with Crippen LogP contribution in [0.5, 0.6) is 5.75 Å². The number of halogens is 2. The highest BCUT2D eigenvalue weighted by Gasteiger charge is 2.36. The van der Waals surface area contributed by atoms with E-state index in [4.69, 9.17) is 0 Å². The molecule has 1 aromatic carbocycles. The van der Waals surface area contributed by atoms with Crippen LogP contribution in [0.25, 0.3) is 0 Å². The van der Waals surface area contributed by atoms with Crippen molar-refractivity contribution in [2.75, 3.05) is 13.1 Å². The van der Waals surface area contributed by atoms with Crippen LogP contribution in [0, 0.1) is 11.6 Å². The first-order valence-corrected chi connectivity index (χ1v) is 9.36. The predicted octanol–water partition coefficient (Wildman–Crippen LogP) is 1.94. The topological polar surface area (TPSA) is 91.6 Å². The third kappa shape index (κ3) is 3.37. The highest BCUT2D eigenvalue weighted by atomic mass is 19.1. The number of aromatic hydroxyl groups is 1. The molecule has 2 aromatic rings. The van der Waals surface area contributed by atoms with E-state index in [1.165, 1.54) is 16.8 Å². The highest BCUT2D eigenvalue weighted by Crippen LogP contribution is 2.31. The van der Waals surface area contributed by atoms with Crippen LogP contribution in [-0.4, -0.2) is 39.5 Å². The summed E-state index contributed by atoms with van der Waals surface area (Å²) < 4.78 is 28.3. The second-order valence-corrected chi connectivity index (χ2v) is 7.30. The average molecular weight is 403 g/mol. The maximum Gasteiger partial charge on any atom is 0.274 e.